The van der Waals surface area contributed by atoms with Gasteiger partial charge in [0, 0.05) is 4.88 Å². The molecule has 0 saturated heterocycles. The zero-order valence-corrected chi connectivity index (χ0v) is 18.1. The smallest absolute Gasteiger partial charge is 0.280 e. The number of anilines is 1. The van der Waals surface area contributed by atoms with Crippen molar-refractivity contribution in [2.45, 2.75) is 63.8 Å². The Labute approximate surface area is 174 Å². The fraction of sp³-hybridized carbons (Fsp3) is 0.545. The first kappa shape index (κ1) is 19.8. The summed E-state index contributed by atoms with van der Waals surface area (Å²) in [7, 11) is 2.13. The summed E-state index contributed by atoms with van der Waals surface area (Å²) >= 11 is 3.10. The van der Waals surface area contributed by atoms with Crippen LogP contribution in [-0.4, -0.2) is 31.3 Å². The Bertz CT molecular complexity index is 835. The second-order valence-electron chi connectivity index (χ2n) is 8.13. The predicted molar refractivity (Wildman–Crippen MR) is 116 cm³/mol. The molecule has 0 radical (unpaired) electrons. The van der Waals surface area contributed by atoms with E-state index in [0.29, 0.717) is 12.6 Å². The number of nitrogens with one attached hydrogen (secondary N) is 2. The van der Waals surface area contributed by atoms with Gasteiger partial charge in [-0.1, -0.05) is 12.5 Å². The van der Waals surface area contributed by atoms with Gasteiger partial charge in [0.1, 0.15) is 5.00 Å². The van der Waals surface area contributed by atoms with Gasteiger partial charge in [0.2, 0.25) is 5.78 Å². The van der Waals surface area contributed by atoms with Crippen molar-refractivity contribution in [2.24, 2.45) is 0 Å². The fourth-order valence-electron chi connectivity index (χ4n) is 4.59. The largest absolute Gasteiger partial charge is 0.327 e. The minimum Gasteiger partial charge on any atom is -0.327 e. The quantitative estimate of drug-likeness (QED) is 0.704. The number of quaternary nitrogens is 1. The van der Waals surface area contributed by atoms with E-state index in [1.165, 1.54) is 65.2 Å². The topological polar surface area (TPSA) is 50.6 Å². The lowest BCUT2D eigenvalue weighted by Gasteiger charge is -2.27. The van der Waals surface area contributed by atoms with Crippen molar-refractivity contribution in [3.8, 4) is 0 Å². The standard InChI is InChI=1S/C22H28N2O2S2/c1-24(15-8-3-2-4-9-15)14-19(25)23-22-20(21(26)18-12-7-13-27-18)16-10-5-6-11-17(16)28-22/h7,12-13,15H,2-6,8-11,14H2,1H3,(H,23,25)/p+1. The van der Waals surface area contributed by atoms with Crippen LogP contribution in [0, 0.1) is 0 Å². The van der Waals surface area contributed by atoms with Crippen LogP contribution in [0.1, 0.15) is 70.6 Å². The van der Waals surface area contributed by atoms with E-state index in [1.54, 1.807) is 11.3 Å². The Morgan fingerprint density at radius 2 is 1.93 bits per heavy atom. The summed E-state index contributed by atoms with van der Waals surface area (Å²) in [5.41, 5.74) is 1.93. The molecule has 150 valence electrons. The van der Waals surface area contributed by atoms with E-state index >= 15 is 0 Å². The van der Waals surface area contributed by atoms with Crippen molar-refractivity contribution >= 4 is 39.4 Å². The molecule has 0 aliphatic heterocycles. The highest BCUT2D eigenvalue weighted by Gasteiger charge is 2.29. The van der Waals surface area contributed by atoms with E-state index in [9.17, 15) is 9.59 Å². The molecule has 2 aliphatic rings. The number of carbonyl (C=O) groups excluding carboxylic acids is 2. The molecule has 1 amide bonds. The van der Waals surface area contributed by atoms with Crippen LogP contribution in [0.25, 0.3) is 0 Å². The van der Waals surface area contributed by atoms with Crippen LogP contribution in [-0.2, 0) is 17.6 Å². The van der Waals surface area contributed by atoms with Crippen molar-refractivity contribution in [3.05, 3.63) is 38.4 Å². The molecule has 2 N–H and O–H groups in total. The average molecular weight is 418 g/mol. The normalized spacial score (nSPS) is 18.5. The fourth-order valence-corrected chi connectivity index (χ4v) is 6.56. The van der Waals surface area contributed by atoms with Gasteiger partial charge in [-0.15, -0.1) is 22.7 Å². The van der Waals surface area contributed by atoms with Crippen LogP contribution in [0.2, 0.25) is 0 Å². The maximum Gasteiger partial charge on any atom is 0.280 e. The summed E-state index contributed by atoms with van der Waals surface area (Å²) in [4.78, 5) is 29.3. The third kappa shape index (κ3) is 4.24. The molecule has 2 heterocycles. The van der Waals surface area contributed by atoms with Crippen LogP contribution in [0.15, 0.2) is 17.5 Å². The number of hydrogen-bond donors (Lipinski definition) is 2. The van der Waals surface area contributed by atoms with Gasteiger partial charge >= 0.3 is 0 Å². The van der Waals surface area contributed by atoms with Gasteiger partial charge in [-0.3, -0.25) is 9.59 Å². The van der Waals surface area contributed by atoms with Crippen LogP contribution in [0.3, 0.4) is 0 Å². The van der Waals surface area contributed by atoms with Crippen molar-refractivity contribution in [3.63, 3.8) is 0 Å². The molecule has 6 heteroatoms. The summed E-state index contributed by atoms with van der Waals surface area (Å²) < 4.78 is 0. The first-order valence-corrected chi connectivity index (χ1v) is 12.2. The van der Waals surface area contributed by atoms with E-state index in [2.05, 4.69) is 12.4 Å². The van der Waals surface area contributed by atoms with Crippen LogP contribution < -0.4 is 10.2 Å². The van der Waals surface area contributed by atoms with E-state index in [-0.39, 0.29) is 11.7 Å². The second kappa shape index (κ2) is 8.89. The van der Waals surface area contributed by atoms with Crippen LogP contribution in [0.5, 0.6) is 0 Å². The minimum absolute atomic E-state index is 0.0295. The van der Waals surface area contributed by atoms with E-state index in [4.69, 9.17) is 0 Å². The molecule has 0 bridgehead atoms. The lowest BCUT2D eigenvalue weighted by Crippen LogP contribution is -3.14. The second-order valence-corrected chi connectivity index (χ2v) is 10.2. The molecule has 4 rings (SSSR count). The Hall–Kier alpha value is -1.50. The van der Waals surface area contributed by atoms with Gasteiger partial charge in [0.25, 0.3) is 5.91 Å². The number of rotatable bonds is 6. The Balaban J connectivity index is 1.52. The molecule has 1 atom stereocenters. The Kier molecular flexibility index (Phi) is 6.28. The monoisotopic (exact) mass is 417 g/mol. The highest BCUT2D eigenvalue weighted by Crippen LogP contribution is 2.39. The number of fused-ring (bicyclic) bond motifs is 1. The number of likely N-dealkylation sites (N-methyl/N-ethyl adjacent to an activating group) is 1. The lowest BCUT2D eigenvalue weighted by atomic mass is 9.93. The van der Waals surface area contributed by atoms with Crippen molar-refractivity contribution < 1.29 is 14.5 Å². The molecule has 1 fully saturated rings. The molecule has 4 nitrogen and oxygen atoms in total. The lowest BCUT2D eigenvalue weighted by molar-refractivity contribution is -0.899. The summed E-state index contributed by atoms with van der Waals surface area (Å²) in [6, 6.07) is 4.38. The van der Waals surface area contributed by atoms with Gasteiger partial charge < -0.3 is 10.2 Å². The zero-order chi connectivity index (χ0) is 19.5. The first-order chi connectivity index (χ1) is 13.6. The molecular weight excluding hydrogens is 388 g/mol. The molecule has 2 aromatic rings. The van der Waals surface area contributed by atoms with E-state index in [0.717, 1.165) is 34.7 Å². The maximum atomic E-state index is 13.2. The first-order valence-electron chi connectivity index (χ1n) is 10.5. The van der Waals surface area contributed by atoms with Gasteiger partial charge in [-0.25, -0.2) is 0 Å². The van der Waals surface area contributed by atoms with Crippen molar-refractivity contribution in [1.82, 2.24) is 0 Å². The highest BCUT2D eigenvalue weighted by atomic mass is 32.1. The zero-order valence-electron chi connectivity index (χ0n) is 16.5. The average Bonchev–Trinajstić information content (AvgIpc) is 3.36. The third-order valence-corrected chi connectivity index (χ3v) is 8.21. The Morgan fingerprint density at radius 3 is 2.68 bits per heavy atom. The molecule has 1 unspecified atom stereocenters. The van der Waals surface area contributed by atoms with Gasteiger partial charge in [0.05, 0.1) is 23.5 Å². The number of aryl methyl sites for hydroxylation is 1. The SMILES string of the molecule is C[NH+](CC(=O)Nc1sc2c(c1C(=O)c1cccs1)CCCC2)C1CCCCC1. The van der Waals surface area contributed by atoms with Crippen molar-refractivity contribution in [1.29, 1.82) is 0 Å². The van der Waals surface area contributed by atoms with Gasteiger partial charge in [0.15, 0.2) is 6.54 Å². The van der Waals surface area contributed by atoms with Crippen LogP contribution in [0.4, 0.5) is 5.00 Å². The van der Waals surface area contributed by atoms with E-state index in [1.807, 2.05) is 17.5 Å². The molecule has 2 aromatic heterocycles. The van der Waals surface area contributed by atoms with Gasteiger partial charge in [-0.2, -0.15) is 0 Å². The predicted octanol–water partition coefficient (Wildman–Crippen LogP) is 3.71. The third-order valence-electron chi connectivity index (χ3n) is 6.14. The van der Waals surface area contributed by atoms with E-state index < -0.39 is 0 Å². The number of amides is 1. The summed E-state index contributed by atoms with van der Waals surface area (Å²) in [6.45, 7) is 0.472. The number of carbonyl (C=O) groups is 2. The van der Waals surface area contributed by atoms with Crippen molar-refractivity contribution in [2.75, 3.05) is 18.9 Å². The van der Waals surface area contributed by atoms with Gasteiger partial charge in [-0.05, 0) is 68.4 Å². The summed E-state index contributed by atoms with van der Waals surface area (Å²) in [5, 5.41) is 5.83. The molecular formula is C22H29N2O2S2+. The Morgan fingerprint density at radius 1 is 1.14 bits per heavy atom. The van der Waals surface area contributed by atoms with Crippen LogP contribution >= 0.6 is 22.7 Å². The molecule has 1 saturated carbocycles. The molecule has 28 heavy (non-hydrogen) atoms. The molecule has 0 aromatic carbocycles. The number of thiophene rings is 2. The maximum absolute atomic E-state index is 13.2. The number of hydrogen-bond acceptors (Lipinski definition) is 4. The molecule has 2 aliphatic carbocycles. The summed E-state index contributed by atoms with van der Waals surface area (Å²) in [6.07, 6.45) is 10.6. The minimum atomic E-state index is 0.0295. The highest BCUT2D eigenvalue weighted by molar-refractivity contribution is 7.17. The summed E-state index contributed by atoms with van der Waals surface area (Å²) in [5.74, 6) is 0.0968. The molecule has 0 spiro atoms. The number of ketones is 1.